The summed E-state index contributed by atoms with van der Waals surface area (Å²) in [6, 6.07) is 15.7. The first-order valence-corrected chi connectivity index (χ1v) is 9.51. The summed E-state index contributed by atoms with van der Waals surface area (Å²) >= 11 is 3.42. The predicted molar refractivity (Wildman–Crippen MR) is 106 cm³/mol. The van der Waals surface area contributed by atoms with Gasteiger partial charge in [0.15, 0.2) is 5.82 Å². The maximum Gasteiger partial charge on any atom is 0.252 e. The number of carbonyl (C=O) groups excluding carboxylic acids is 1. The third kappa shape index (κ3) is 3.88. The van der Waals surface area contributed by atoms with Gasteiger partial charge < -0.3 is 10.2 Å². The Balaban J connectivity index is 1.40. The molecule has 0 bridgehead atoms. The van der Waals surface area contributed by atoms with Crippen LogP contribution in [0.1, 0.15) is 16.8 Å². The van der Waals surface area contributed by atoms with Crippen LogP contribution in [0, 0.1) is 5.82 Å². The molecule has 1 aromatic heterocycles. The largest absolute Gasteiger partial charge is 0.353 e. The number of H-pyrrole nitrogens is 1. The SMILES string of the molecule is O=C(N[C@H]1CCN(c2cc(-c3ccc(F)cc3)[nH]n2)C1)c1ccccc1Br. The summed E-state index contributed by atoms with van der Waals surface area (Å²) in [5.41, 5.74) is 2.35. The topological polar surface area (TPSA) is 61.0 Å². The normalized spacial score (nSPS) is 16.5. The van der Waals surface area contributed by atoms with Crippen molar-refractivity contribution in [2.45, 2.75) is 12.5 Å². The fourth-order valence-corrected chi connectivity index (χ4v) is 3.71. The Morgan fingerprint density at radius 2 is 2.00 bits per heavy atom. The van der Waals surface area contributed by atoms with Crippen LogP contribution in [-0.2, 0) is 0 Å². The fourth-order valence-electron chi connectivity index (χ4n) is 3.25. The molecule has 0 unspecified atom stereocenters. The number of benzene rings is 2. The Kier molecular flexibility index (Phi) is 4.94. The number of carbonyl (C=O) groups is 1. The summed E-state index contributed by atoms with van der Waals surface area (Å²) in [6.45, 7) is 1.51. The Morgan fingerprint density at radius 1 is 1.22 bits per heavy atom. The summed E-state index contributed by atoms with van der Waals surface area (Å²) in [4.78, 5) is 14.6. The first-order valence-electron chi connectivity index (χ1n) is 8.72. The predicted octanol–water partition coefficient (Wildman–Crippen LogP) is 3.99. The van der Waals surface area contributed by atoms with Crippen molar-refractivity contribution in [3.63, 3.8) is 0 Å². The fraction of sp³-hybridized carbons (Fsp3) is 0.200. The van der Waals surface area contributed by atoms with Gasteiger partial charge in [-0.05, 0) is 64.3 Å². The number of aromatic nitrogens is 2. The van der Waals surface area contributed by atoms with E-state index in [1.54, 1.807) is 18.2 Å². The number of hydrogen-bond acceptors (Lipinski definition) is 3. The van der Waals surface area contributed by atoms with E-state index in [2.05, 4.69) is 36.3 Å². The molecule has 2 N–H and O–H groups in total. The first-order chi connectivity index (χ1) is 13.1. The molecule has 1 amide bonds. The molecule has 2 heterocycles. The molecule has 0 spiro atoms. The molecule has 3 aromatic rings. The van der Waals surface area contributed by atoms with Crippen LogP contribution in [0.15, 0.2) is 59.1 Å². The molecule has 1 atom stereocenters. The molecule has 7 heteroatoms. The van der Waals surface area contributed by atoms with Gasteiger partial charge in [0.05, 0.1) is 11.3 Å². The van der Waals surface area contributed by atoms with E-state index in [9.17, 15) is 9.18 Å². The van der Waals surface area contributed by atoms with Crippen molar-refractivity contribution < 1.29 is 9.18 Å². The molecule has 1 saturated heterocycles. The number of amides is 1. The van der Waals surface area contributed by atoms with Crippen LogP contribution < -0.4 is 10.2 Å². The van der Waals surface area contributed by atoms with Crippen LogP contribution in [0.3, 0.4) is 0 Å². The van der Waals surface area contributed by atoms with Crippen molar-refractivity contribution in [2.24, 2.45) is 0 Å². The monoisotopic (exact) mass is 428 g/mol. The molecular weight excluding hydrogens is 411 g/mol. The lowest BCUT2D eigenvalue weighted by atomic mass is 10.1. The van der Waals surface area contributed by atoms with Crippen molar-refractivity contribution in [1.82, 2.24) is 15.5 Å². The smallest absolute Gasteiger partial charge is 0.252 e. The Bertz CT molecular complexity index is 957. The number of nitrogens with zero attached hydrogens (tertiary/aromatic N) is 2. The lowest BCUT2D eigenvalue weighted by molar-refractivity contribution is 0.0939. The van der Waals surface area contributed by atoms with Gasteiger partial charge in [-0.15, -0.1) is 0 Å². The van der Waals surface area contributed by atoms with Gasteiger partial charge in [0, 0.05) is 29.7 Å². The second-order valence-corrected chi connectivity index (χ2v) is 7.39. The van der Waals surface area contributed by atoms with E-state index in [4.69, 9.17) is 0 Å². The van der Waals surface area contributed by atoms with Gasteiger partial charge in [0.2, 0.25) is 0 Å². The summed E-state index contributed by atoms with van der Waals surface area (Å²) < 4.78 is 13.9. The van der Waals surface area contributed by atoms with Crippen LogP contribution >= 0.6 is 15.9 Å². The molecule has 4 rings (SSSR count). The highest BCUT2D eigenvalue weighted by atomic mass is 79.9. The highest BCUT2D eigenvalue weighted by molar-refractivity contribution is 9.10. The van der Waals surface area contributed by atoms with Crippen molar-refractivity contribution in [3.8, 4) is 11.3 Å². The van der Waals surface area contributed by atoms with Gasteiger partial charge in [-0.1, -0.05) is 12.1 Å². The second-order valence-electron chi connectivity index (χ2n) is 6.53. The zero-order valence-electron chi connectivity index (χ0n) is 14.5. The number of anilines is 1. The van der Waals surface area contributed by atoms with Crippen molar-refractivity contribution in [3.05, 3.63) is 70.5 Å². The lowest BCUT2D eigenvalue weighted by Crippen LogP contribution is -2.37. The molecule has 27 heavy (non-hydrogen) atoms. The Morgan fingerprint density at radius 3 is 2.78 bits per heavy atom. The Hall–Kier alpha value is -2.67. The molecule has 1 fully saturated rings. The third-order valence-electron chi connectivity index (χ3n) is 4.69. The maximum atomic E-state index is 13.1. The van der Waals surface area contributed by atoms with E-state index in [0.29, 0.717) is 12.1 Å². The zero-order valence-corrected chi connectivity index (χ0v) is 16.0. The van der Waals surface area contributed by atoms with Gasteiger partial charge in [-0.2, -0.15) is 5.10 Å². The zero-order chi connectivity index (χ0) is 18.8. The minimum Gasteiger partial charge on any atom is -0.353 e. The minimum atomic E-state index is -0.262. The van der Waals surface area contributed by atoms with Crippen LogP contribution in [0.5, 0.6) is 0 Å². The van der Waals surface area contributed by atoms with Gasteiger partial charge in [0.25, 0.3) is 5.91 Å². The quantitative estimate of drug-likeness (QED) is 0.660. The highest BCUT2D eigenvalue weighted by Gasteiger charge is 2.26. The van der Waals surface area contributed by atoms with E-state index in [0.717, 1.165) is 34.5 Å². The third-order valence-corrected chi connectivity index (χ3v) is 5.38. The molecule has 0 aliphatic carbocycles. The molecule has 2 aromatic carbocycles. The lowest BCUT2D eigenvalue weighted by Gasteiger charge is -2.16. The molecule has 1 aliphatic rings. The minimum absolute atomic E-state index is 0.0653. The summed E-state index contributed by atoms with van der Waals surface area (Å²) in [5.74, 6) is 0.483. The Labute approximate surface area is 164 Å². The number of rotatable bonds is 4. The number of halogens is 2. The highest BCUT2D eigenvalue weighted by Crippen LogP contribution is 2.25. The van der Waals surface area contributed by atoms with E-state index in [1.165, 1.54) is 12.1 Å². The molecule has 1 aliphatic heterocycles. The van der Waals surface area contributed by atoms with E-state index in [1.807, 2.05) is 24.3 Å². The molecule has 0 radical (unpaired) electrons. The summed E-state index contributed by atoms with van der Waals surface area (Å²) in [5, 5.41) is 10.5. The van der Waals surface area contributed by atoms with Crippen molar-refractivity contribution in [1.29, 1.82) is 0 Å². The summed E-state index contributed by atoms with van der Waals surface area (Å²) in [7, 11) is 0. The summed E-state index contributed by atoms with van der Waals surface area (Å²) in [6.07, 6.45) is 0.856. The van der Waals surface area contributed by atoms with Gasteiger partial charge in [0.1, 0.15) is 5.82 Å². The molecule has 5 nitrogen and oxygen atoms in total. The second kappa shape index (κ2) is 7.52. The maximum absolute atomic E-state index is 13.1. The molecule has 0 saturated carbocycles. The van der Waals surface area contributed by atoms with Crippen LogP contribution in [-0.4, -0.2) is 35.2 Å². The average molecular weight is 429 g/mol. The number of hydrogen-bond donors (Lipinski definition) is 2. The van der Waals surface area contributed by atoms with Gasteiger partial charge in [-0.3, -0.25) is 9.89 Å². The van der Waals surface area contributed by atoms with Gasteiger partial charge in [-0.25, -0.2) is 4.39 Å². The van der Waals surface area contributed by atoms with Crippen LogP contribution in [0.2, 0.25) is 0 Å². The molecule has 138 valence electrons. The van der Waals surface area contributed by atoms with E-state index >= 15 is 0 Å². The standard InChI is InChI=1S/C20H18BrFN4O/c21-17-4-2-1-3-16(17)20(27)23-15-9-10-26(12-15)19-11-18(24-25-19)13-5-7-14(22)8-6-13/h1-8,11,15H,9-10,12H2,(H,23,27)(H,24,25)/t15-/m0/s1. The van der Waals surface area contributed by atoms with Crippen LogP contribution in [0.25, 0.3) is 11.3 Å². The number of nitrogens with one attached hydrogen (secondary N) is 2. The average Bonchev–Trinajstić information content (AvgIpc) is 3.32. The van der Waals surface area contributed by atoms with E-state index in [-0.39, 0.29) is 17.8 Å². The first kappa shape index (κ1) is 17.7. The van der Waals surface area contributed by atoms with Crippen molar-refractivity contribution >= 4 is 27.7 Å². The van der Waals surface area contributed by atoms with Crippen LogP contribution in [0.4, 0.5) is 10.2 Å². The van der Waals surface area contributed by atoms with Gasteiger partial charge >= 0.3 is 0 Å². The molecular formula is C20H18BrFN4O. The van der Waals surface area contributed by atoms with Crippen molar-refractivity contribution in [2.75, 3.05) is 18.0 Å². The van der Waals surface area contributed by atoms with E-state index < -0.39 is 0 Å². The number of aromatic amines is 1.